The molecule has 1 N–H and O–H groups in total. The molecule has 1 atom stereocenters. The Morgan fingerprint density at radius 3 is 2.46 bits per heavy atom. The van der Waals surface area contributed by atoms with Crippen molar-refractivity contribution in [1.82, 2.24) is 9.29 Å². The van der Waals surface area contributed by atoms with Crippen molar-refractivity contribution < 1.29 is 27.1 Å². The Bertz CT molecular complexity index is 998. The summed E-state index contributed by atoms with van der Waals surface area (Å²) >= 11 is 0. The molecule has 0 aliphatic rings. The van der Waals surface area contributed by atoms with Crippen LogP contribution in [0, 0.1) is 19.7 Å². The number of nitrogens with one attached hydrogen (secondary N) is 1. The van der Waals surface area contributed by atoms with Gasteiger partial charge in [-0.25, -0.2) is 12.8 Å². The number of carbonyl (C=O) groups excluding carboxylic acids is 2. The number of nitrogens with zero attached hydrogens (tertiary/aromatic N) is 1. The Kier molecular flexibility index (Phi) is 6.73. The summed E-state index contributed by atoms with van der Waals surface area (Å²) in [4.78, 5) is 23.9. The smallest absolute Gasteiger partial charge is 0.324 e. The molecule has 7 nitrogen and oxygen atoms in total. The maximum Gasteiger partial charge on any atom is 0.324 e. The number of carbonyl (C=O) groups is 2. The van der Waals surface area contributed by atoms with Crippen LogP contribution in [0.1, 0.15) is 35.6 Å². The molecule has 1 aromatic heterocycles. The van der Waals surface area contributed by atoms with Crippen molar-refractivity contribution in [2.45, 2.75) is 45.2 Å². The normalized spacial score (nSPS) is 12.6. The Morgan fingerprint density at radius 2 is 1.89 bits per heavy atom. The highest BCUT2D eigenvalue weighted by Gasteiger charge is 2.26. The molecule has 2 aromatic rings. The fourth-order valence-corrected chi connectivity index (χ4v) is 4.19. The summed E-state index contributed by atoms with van der Waals surface area (Å²) in [6.45, 7) is 7.08. The lowest BCUT2D eigenvalue weighted by atomic mass is 10.1. The quantitative estimate of drug-likeness (QED) is 0.533. The van der Waals surface area contributed by atoms with E-state index in [0.29, 0.717) is 12.1 Å². The van der Waals surface area contributed by atoms with Crippen molar-refractivity contribution in [2.75, 3.05) is 6.61 Å². The number of benzene rings is 1. The molecule has 0 radical (unpaired) electrons. The number of hydrogen-bond acceptors (Lipinski definition) is 5. The van der Waals surface area contributed by atoms with Gasteiger partial charge >= 0.3 is 5.97 Å². The molecular formula is C19H23FN2O5S. The molecule has 28 heavy (non-hydrogen) atoms. The molecule has 0 saturated carbocycles. The van der Waals surface area contributed by atoms with Gasteiger partial charge in [-0.3, -0.25) is 9.59 Å². The second kappa shape index (κ2) is 8.66. The van der Waals surface area contributed by atoms with Crippen LogP contribution in [-0.4, -0.2) is 37.4 Å². The fourth-order valence-electron chi connectivity index (χ4n) is 2.92. The molecule has 2 rings (SSSR count). The highest BCUT2D eigenvalue weighted by Crippen LogP contribution is 2.16. The van der Waals surface area contributed by atoms with Crippen molar-refractivity contribution in [3.05, 3.63) is 53.1 Å². The van der Waals surface area contributed by atoms with Crippen LogP contribution in [0.15, 0.2) is 35.2 Å². The number of esters is 1. The third kappa shape index (κ3) is 4.66. The number of rotatable bonds is 8. The molecule has 0 bridgehead atoms. The van der Waals surface area contributed by atoms with Gasteiger partial charge in [0.25, 0.3) is 0 Å². The maximum atomic E-state index is 13.7. The van der Waals surface area contributed by atoms with E-state index in [1.54, 1.807) is 13.0 Å². The minimum atomic E-state index is -4.25. The zero-order chi connectivity index (χ0) is 21.1. The second-order valence-corrected chi connectivity index (χ2v) is 8.02. The average Bonchev–Trinajstić information content (AvgIpc) is 2.92. The summed E-state index contributed by atoms with van der Waals surface area (Å²) in [7, 11) is -4.25. The Balaban J connectivity index is 2.01. The van der Waals surface area contributed by atoms with Crippen molar-refractivity contribution in [3.63, 3.8) is 0 Å². The Hall–Kier alpha value is -2.52. The summed E-state index contributed by atoms with van der Waals surface area (Å²) in [6.07, 6.45) is 0. The van der Waals surface area contributed by atoms with Gasteiger partial charge in [0, 0.05) is 23.5 Å². The molecule has 0 fully saturated rings. The predicted octanol–water partition coefficient (Wildman–Crippen LogP) is 2.36. The van der Waals surface area contributed by atoms with Crippen LogP contribution >= 0.6 is 0 Å². The highest BCUT2D eigenvalue weighted by atomic mass is 32.2. The summed E-state index contributed by atoms with van der Waals surface area (Å²) in [5.74, 6) is -2.25. The molecule has 0 amide bonds. The molecule has 0 aliphatic carbocycles. The van der Waals surface area contributed by atoms with Gasteiger partial charge in [-0.1, -0.05) is 12.1 Å². The third-order valence-corrected chi connectivity index (χ3v) is 5.92. The number of aromatic nitrogens is 1. The largest absolute Gasteiger partial charge is 0.456 e. The van der Waals surface area contributed by atoms with Crippen molar-refractivity contribution >= 4 is 21.8 Å². The first-order valence-electron chi connectivity index (χ1n) is 8.72. The lowest BCUT2D eigenvalue weighted by molar-refractivity contribution is -0.144. The van der Waals surface area contributed by atoms with Crippen LogP contribution in [0.25, 0.3) is 0 Å². The van der Waals surface area contributed by atoms with Gasteiger partial charge in [-0.2, -0.15) is 4.72 Å². The van der Waals surface area contributed by atoms with Crippen LogP contribution in [0.3, 0.4) is 0 Å². The Morgan fingerprint density at radius 1 is 1.25 bits per heavy atom. The zero-order valence-electron chi connectivity index (χ0n) is 16.2. The minimum Gasteiger partial charge on any atom is -0.456 e. The van der Waals surface area contributed by atoms with Crippen molar-refractivity contribution in [3.8, 4) is 0 Å². The van der Waals surface area contributed by atoms with Crippen LogP contribution < -0.4 is 4.72 Å². The van der Waals surface area contributed by atoms with E-state index >= 15 is 0 Å². The first-order valence-corrected chi connectivity index (χ1v) is 10.2. The van der Waals surface area contributed by atoms with E-state index < -0.39 is 39.4 Å². The van der Waals surface area contributed by atoms with Crippen LogP contribution in [0.2, 0.25) is 0 Å². The molecule has 0 saturated heterocycles. The number of hydrogen-bond donors (Lipinski definition) is 1. The van der Waals surface area contributed by atoms with Gasteiger partial charge in [-0.05, 0) is 45.9 Å². The van der Waals surface area contributed by atoms with Crippen LogP contribution in [0.5, 0.6) is 0 Å². The van der Waals surface area contributed by atoms with Crippen molar-refractivity contribution in [1.29, 1.82) is 0 Å². The van der Waals surface area contributed by atoms with Gasteiger partial charge in [0.15, 0.2) is 6.61 Å². The number of ether oxygens (including phenoxy) is 1. The summed E-state index contributed by atoms with van der Waals surface area (Å²) < 4.78 is 47.1. The fraction of sp³-hybridized carbons (Fsp3) is 0.368. The molecule has 1 aromatic carbocycles. The number of aryl methyl sites for hydroxylation is 1. The number of halogens is 1. The van der Waals surface area contributed by atoms with Gasteiger partial charge < -0.3 is 9.30 Å². The van der Waals surface area contributed by atoms with Gasteiger partial charge in [0.1, 0.15) is 16.8 Å². The van der Waals surface area contributed by atoms with E-state index in [4.69, 9.17) is 4.74 Å². The third-order valence-electron chi connectivity index (χ3n) is 4.35. The van der Waals surface area contributed by atoms with Crippen molar-refractivity contribution in [2.24, 2.45) is 0 Å². The minimum absolute atomic E-state index is 0.384. The van der Waals surface area contributed by atoms with Gasteiger partial charge in [0.2, 0.25) is 15.8 Å². The molecule has 152 valence electrons. The van der Waals surface area contributed by atoms with Gasteiger partial charge in [0.05, 0.1) is 0 Å². The number of Topliss-reactive ketones (excluding diaryl/α,β-unsaturated/α-hetero) is 1. The molecule has 9 heteroatoms. The van der Waals surface area contributed by atoms with E-state index in [1.165, 1.54) is 19.1 Å². The topological polar surface area (TPSA) is 94.5 Å². The summed E-state index contributed by atoms with van der Waals surface area (Å²) in [5, 5.41) is 0. The van der Waals surface area contributed by atoms with E-state index in [-0.39, 0.29) is 5.78 Å². The molecule has 0 spiro atoms. The summed E-state index contributed by atoms with van der Waals surface area (Å²) in [5.41, 5.74) is 2.14. The lowest BCUT2D eigenvalue weighted by Gasteiger charge is -2.14. The zero-order valence-corrected chi connectivity index (χ0v) is 17.0. The number of ketones is 1. The average molecular weight is 410 g/mol. The molecule has 1 heterocycles. The van der Waals surface area contributed by atoms with E-state index in [0.717, 1.165) is 23.5 Å². The van der Waals surface area contributed by atoms with E-state index in [2.05, 4.69) is 4.72 Å². The van der Waals surface area contributed by atoms with Gasteiger partial charge in [-0.15, -0.1) is 0 Å². The number of sulfonamides is 1. The van der Waals surface area contributed by atoms with Crippen LogP contribution in [0.4, 0.5) is 4.39 Å². The van der Waals surface area contributed by atoms with Crippen LogP contribution in [-0.2, 0) is 26.1 Å². The first kappa shape index (κ1) is 21.8. The Labute approximate surface area is 163 Å². The van der Waals surface area contributed by atoms with E-state index in [9.17, 15) is 22.4 Å². The lowest BCUT2D eigenvalue weighted by Crippen LogP contribution is -2.40. The first-order chi connectivity index (χ1) is 13.1. The monoisotopic (exact) mass is 410 g/mol. The summed E-state index contributed by atoms with van der Waals surface area (Å²) in [6, 6.07) is 5.24. The molecule has 0 aliphatic heterocycles. The standard InChI is InChI=1S/C19H23FN2O5S/c1-5-22-12(2)10-15(14(22)4)17(23)11-27-19(24)13(3)21-28(25,26)18-9-7-6-8-16(18)20/h6-10,13,21H,5,11H2,1-4H3/t13-/m0/s1. The maximum absolute atomic E-state index is 13.7. The molecule has 0 unspecified atom stereocenters. The highest BCUT2D eigenvalue weighted by molar-refractivity contribution is 7.89. The molecular weight excluding hydrogens is 387 g/mol. The SMILES string of the molecule is CCn1c(C)cc(C(=O)COC(=O)[C@H](C)NS(=O)(=O)c2ccccc2F)c1C. The second-order valence-electron chi connectivity index (χ2n) is 6.33. The predicted molar refractivity (Wildman–Crippen MR) is 101 cm³/mol. The van der Waals surface area contributed by atoms with E-state index in [1.807, 2.05) is 18.4 Å².